The van der Waals surface area contributed by atoms with E-state index in [9.17, 15) is 15.1 Å². The minimum Gasteiger partial charge on any atom is -0.508 e. The molecule has 0 amide bonds. The molecule has 0 bridgehead atoms. The molecule has 1 aromatic heterocycles. The van der Waals surface area contributed by atoms with Crippen molar-refractivity contribution < 1.29 is 10.3 Å². The number of benzene rings is 2. The number of para-hydroxylation sites is 1. The van der Waals surface area contributed by atoms with Gasteiger partial charge in [-0.2, -0.15) is 5.10 Å². The summed E-state index contributed by atoms with van der Waals surface area (Å²) in [5, 5.41) is 23.6. The van der Waals surface area contributed by atoms with E-state index in [1.54, 1.807) is 55.5 Å². The van der Waals surface area contributed by atoms with Crippen molar-refractivity contribution in [2.75, 3.05) is 5.43 Å². The second-order valence-corrected chi connectivity index (χ2v) is 4.93. The number of hydrazone groups is 1. The van der Waals surface area contributed by atoms with E-state index in [2.05, 4.69) is 15.5 Å². The molecular weight excluding hydrogens is 296 g/mol. The number of phenolic OH excluding ortho intramolecular Hbond substituents is 1. The van der Waals surface area contributed by atoms with Gasteiger partial charge < -0.3 is 10.3 Å². The number of hydrogen-bond acceptors (Lipinski definition) is 6. The average molecular weight is 310 g/mol. The second-order valence-electron chi connectivity index (χ2n) is 4.93. The van der Waals surface area contributed by atoms with Crippen molar-refractivity contribution in [2.45, 2.75) is 6.92 Å². The summed E-state index contributed by atoms with van der Waals surface area (Å²) in [5.74, 6) is 0.0849. The summed E-state index contributed by atoms with van der Waals surface area (Å²) < 4.78 is 0.427. The van der Waals surface area contributed by atoms with Crippen LogP contribution in [0.15, 0.2) is 58.4 Å². The summed E-state index contributed by atoms with van der Waals surface area (Å²) in [5.41, 5.74) is 3.86. The Bertz CT molecular complexity index is 946. The van der Waals surface area contributed by atoms with Gasteiger partial charge in [0, 0.05) is 0 Å². The maximum atomic E-state index is 12.1. The van der Waals surface area contributed by atoms with Gasteiger partial charge in [-0.05, 0) is 48.9 Å². The molecular formula is C16H14N4O3. The van der Waals surface area contributed by atoms with E-state index in [4.69, 9.17) is 0 Å². The van der Waals surface area contributed by atoms with Gasteiger partial charge in [-0.1, -0.05) is 12.1 Å². The van der Waals surface area contributed by atoms with Crippen molar-refractivity contribution in [1.29, 1.82) is 0 Å². The summed E-state index contributed by atoms with van der Waals surface area (Å²) in [7, 11) is 0. The van der Waals surface area contributed by atoms with E-state index in [1.165, 1.54) is 0 Å². The second kappa shape index (κ2) is 5.80. The molecule has 0 atom stereocenters. The largest absolute Gasteiger partial charge is 0.508 e. The molecule has 0 unspecified atom stereocenters. The highest BCUT2D eigenvalue weighted by Crippen LogP contribution is 2.12. The molecule has 23 heavy (non-hydrogen) atoms. The fraction of sp³-hybridized carbons (Fsp3) is 0.0625. The lowest BCUT2D eigenvalue weighted by Gasteiger charge is -2.07. The zero-order chi connectivity index (χ0) is 16.4. The fourth-order valence-electron chi connectivity index (χ4n) is 2.10. The van der Waals surface area contributed by atoms with Crippen LogP contribution in [0.3, 0.4) is 0 Å². The van der Waals surface area contributed by atoms with Crippen LogP contribution in [0.25, 0.3) is 10.9 Å². The van der Waals surface area contributed by atoms with Gasteiger partial charge in [0.2, 0.25) is 0 Å². The van der Waals surface area contributed by atoms with E-state index < -0.39 is 5.56 Å². The van der Waals surface area contributed by atoms with Crippen LogP contribution in [0.4, 0.5) is 5.95 Å². The van der Waals surface area contributed by atoms with Gasteiger partial charge >= 0.3 is 0 Å². The fourth-order valence-corrected chi connectivity index (χ4v) is 2.10. The summed E-state index contributed by atoms with van der Waals surface area (Å²) in [6.07, 6.45) is 0. The number of rotatable bonds is 3. The lowest BCUT2D eigenvalue weighted by atomic mass is 10.1. The maximum absolute atomic E-state index is 12.1. The van der Waals surface area contributed by atoms with Crippen molar-refractivity contribution >= 4 is 22.6 Å². The molecule has 116 valence electrons. The van der Waals surface area contributed by atoms with E-state index >= 15 is 0 Å². The van der Waals surface area contributed by atoms with Gasteiger partial charge in [0.15, 0.2) is 0 Å². The molecule has 0 saturated heterocycles. The average Bonchev–Trinajstić information content (AvgIpc) is 2.57. The molecule has 0 saturated carbocycles. The van der Waals surface area contributed by atoms with Crippen molar-refractivity contribution in [3.63, 3.8) is 0 Å². The van der Waals surface area contributed by atoms with Crippen LogP contribution in [0.1, 0.15) is 12.5 Å². The number of hydrogen-bond donors (Lipinski definition) is 3. The quantitative estimate of drug-likeness (QED) is 0.391. The highest BCUT2D eigenvalue weighted by Gasteiger charge is 2.09. The molecule has 3 rings (SSSR count). The van der Waals surface area contributed by atoms with Crippen molar-refractivity contribution in [3.8, 4) is 5.75 Å². The Morgan fingerprint density at radius 1 is 1.17 bits per heavy atom. The molecule has 7 heteroatoms. The van der Waals surface area contributed by atoms with Crippen LogP contribution in [-0.2, 0) is 0 Å². The van der Waals surface area contributed by atoms with E-state index in [1.807, 2.05) is 0 Å². The third-order valence-corrected chi connectivity index (χ3v) is 3.36. The first-order valence-electron chi connectivity index (χ1n) is 6.87. The first-order chi connectivity index (χ1) is 11.1. The molecule has 0 radical (unpaired) electrons. The van der Waals surface area contributed by atoms with Gasteiger partial charge in [0.1, 0.15) is 5.75 Å². The van der Waals surface area contributed by atoms with Gasteiger partial charge in [0.05, 0.1) is 16.6 Å². The van der Waals surface area contributed by atoms with Crippen LogP contribution in [0, 0.1) is 0 Å². The lowest BCUT2D eigenvalue weighted by Crippen LogP contribution is -2.22. The van der Waals surface area contributed by atoms with Crippen LogP contribution < -0.4 is 11.0 Å². The van der Waals surface area contributed by atoms with E-state index in [-0.39, 0.29) is 11.7 Å². The molecule has 1 heterocycles. The molecule has 0 aliphatic carbocycles. The molecule has 0 fully saturated rings. The Morgan fingerprint density at radius 3 is 2.61 bits per heavy atom. The summed E-state index contributed by atoms with van der Waals surface area (Å²) in [6.45, 7) is 1.75. The Balaban J connectivity index is 1.95. The lowest BCUT2D eigenvalue weighted by molar-refractivity contribution is 0.179. The van der Waals surface area contributed by atoms with Crippen LogP contribution >= 0.6 is 0 Å². The predicted octanol–water partition coefficient (Wildman–Crippen LogP) is 2.18. The monoisotopic (exact) mass is 310 g/mol. The number of nitrogens with one attached hydrogen (secondary N) is 1. The standard InChI is InChI=1S/C16H14N4O3/c1-10(11-6-8-12(21)9-7-11)18-19-16-17-14-5-3-2-4-13(14)15(22)20(16)23/h2-9,21,23H,1H3,(H,17,19)/b18-10-. The normalized spacial score (nSPS) is 11.6. The van der Waals surface area contributed by atoms with Crippen LogP contribution in [0.2, 0.25) is 0 Å². The highest BCUT2D eigenvalue weighted by atomic mass is 16.5. The Hall–Kier alpha value is -3.35. The molecule has 0 spiro atoms. The zero-order valence-corrected chi connectivity index (χ0v) is 12.3. The Morgan fingerprint density at radius 2 is 1.87 bits per heavy atom. The van der Waals surface area contributed by atoms with Gasteiger partial charge in [-0.3, -0.25) is 4.79 Å². The maximum Gasteiger partial charge on any atom is 0.295 e. The third-order valence-electron chi connectivity index (χ3n) is 3.36. The molecule has 3 aromatic rings. The predicted molar refractivity (Wildman–Crippen MR) is 87.1 cm³/mol. The number of nitrogens with zero attached hydrogens (tertiary/aromatic N) is 3. The van der Waals surface area contributed by atoms with E-state index in [0.29, 0.717) is 21.3 Å². The minimum atomic E-state index is -0.574. The highest BCUT2D eigenvalue weighted by molar-refractivity contribution is 5.99. The third kappa shape index (κ3) is 2.84. The minimum absolute atomic E-state index is 0.0770. The number of aromatic nitrogens is 2. The number of fused-ring (bicyclic) bond motifs is 1. The summed E-state index contributed by atoms with van der Waals surface area (Å²) in [4.78, 5) is 16.2. The topological polar surface area (TPSA) is 99.7 Å². The SMILES string of the molecule is C/C(=N/Nc1nc2ccccc2c(=O)n1O)c1ccc(O)cc1. The van der Waals surface area contributed by atoms with Gasteiger partial charge in [0.25, 0.3) is 11.5 Å². The number of anilines is 1. The van der Waals surface area contributed by atoms with Gasteiger partial charge in [-0.25, -0.2) is 10.4 Å². The first kappa shape index (κ1) is 14.6. The first-order valence-corrected chi connectivity index (χ1v) is 6.87. The van der Waals surface area contributed by atoms with Crippen LogP contribution in [-0.4, -0.2) is 25.7 Å². The van der Waals surface area contributed by atoms with Gasteiger partial charge in [-0.15, -0.1) is 4.73 Å². The number of aromatic hydroxyl groups is 1. The molecule has 0 aliphatic heterocycles. The Kier molecular flexibility index (Phi) is 3.68. The smallest absolute Gasteiger partial charge is 0.295 e. The molecule has 0 aliphatic rings. The van der Waals surface area contributed by atoms with Crippen LogP contribution in [0.5, 0.6) is 5.75 Å². The molecule has 2 aromatic carbocycles. The summed E-state index contributed by atoms with van der Waals surface area (Å²) in [6, 6.07) is 13.2. The van der Waals surface area contributed by atoms with Crippen molar-refractivity contribution in [3.05, 3.63) is 64.4 Å². The molecule has 3 N–H and O–H groups in total. The Labute approximate surface area is 131 Å². The number of phenols is 1. The van der Waals surface area contributed by atoms with Crippen molar-refractivity contribution in [2.24, 2.45) is 5.10 Å². The molecule has 7 nitrogen and oxygen atoms in total. The van der Waals surface area contributed by atoms with E-state index in [0.717, 1.165) is 5.56 Å². The summed E-state index contributed by atoms with van der Waals surface area (Å²) >= 11 is 0. The van der Waals surface area contributed by atoms with Crippen molar-refractivity contribution in [1.82, 2.24) is 9.71 Å². The zero-order valence-electron chi connectivity index (χ0n) is 12.3.